The number of esters is 1. The molecular weight excluding hydrogens is 204 g/mol. The number of hydrogen-bond acceptors (Lipinski definition) is 4. The SMILES string of the molecule is CCOC(=O)/C(C#N)=C(\C)c1ccncc1. The van der Waals surface area contributed by atoms with Crippen LogP contribution in [-0.4, -0.2) is 17.6 Å². The van der Waals surface area contributed by atoms with Crippen LogP contribution in [0.1, 0.15) is 19.4 Å². The molecule has 1 heterocycles. The average molecular weight is 216 g/mol. The smallest absolute Gasteiger partial charge is 0.349 e. The molecule has 4 heteroatoms. The Morgan fingerprint density at radius 1 is 1.50 bits per heavy atom. The quantitative estimate of drug-likeness (QED) is 0.440. The standard InChI is InChI=1S/C12H12N2O2/c1-3-16-12(15)11(8-13)9(2)10-4-6-14-7-5-10/h4-7H,3H2,1-2H3/b11-9+. The van der Waals surface area contributed by atoms with Gasteiger partial charge in [0.15, 0.2) is 0 Å². The summed E-state index contributed by atoms with van der Waals surface area (Å²) >= 11 is 0. The maximum Gasteiger partial charge on any atom is 0.349 e. The van der Waals surface area contributed by atoms with Crippen molar-refractivity contribution in [3.8, 4) is 6.07 Å². The van der Waals surface area contributed by atoms with E-state index < -0.39 is 5.97 Å². The molecule has 16 heavy (non-hydrogen) atoms. The van der Waals surface area contributed by atoms with Crippen molar-refractivity contribution >= 4 is 11.5 Å². The minimum absolute atomic E-state index is 0.0352. The monoisotopic (exact) mass is 216 g/mol. The Morgan fingerprint density at radius 2 is 2.12 bits per heavy atom. The van der Waals surface area contributed by atoms with Crippen molar-refractivity contribution in [2.24, 2.45) is 0 Å². The summed E-state index contributed by atoms with van der Waals surface area (Å²) < 4.78 is 4.80. The highest BCUT2D eigenvalue weighted by Gasteiger charge is 2.14. The van der Waals surface area contributed by atoms with Gasteiger partial charge in [-0.1, -0.05) is 0 Å². The van der Waals surface area contributed by atoms with Crippen molar-refractivity contribution < 1.29 is 9.53 Å². The second kappa shape index (κ2) is 5.66. The van der Waals surface area contributed by atoms with Gasteiger partial charge in [-0.05, 0) is 37.1 Å². The third kappa shape index (κ3) is 2.67. The zero-order valence-electron chi connectivity index (χ0n) is 9.23. The van der Waals surface area contributed by atoms with Crippen LogP contribution in [0.3, 0.4) is 0 Å². The molecule has 4 nitrogen and oxygen atoms in total. The van der Waals surface area contributed by atoms with Crippen molar-refractivity contribution in [2.45, 2.75) is 13.8 Å². The average Bonchev–Trinajstić information content (AvgIpc) is 2.31. The summed E-state index contributed by atoms with van der Waals surface area (Å²) in [6, 6.07) is 5.35. The van der Waals surface area contributed by atoms with Crippen LogP contribution in [-0.2, 0) is 9.53 Å². The van der Waals surface area contributed by atoms with Crippen LogP contribution in [0.15, 0.2) is 30.1 Å². The van der Waals surface area contributed by atoms with Gasteiger partial charge in [0.1, 0.15) is 11.6 Å². The molecule has 0 amide bonds. The van der Waals surface area contributed by atoms with Gasteiger partial charge in [0.2, 0.25) is 0 Å². The highest BCUT2D eigenvalue weighted by Crippen LogP contribution is 2.17. The number of carbonyl (C=O) groups is 1. The van der Waals surface area contributed by atoms with Crippen LogP contribution in [0.25, 0.3) is 5.57 Å². The second-order valence-corrected chi connectivity index (χ2v) is 3.07. The molecule has 0 aromatic carbocycles. The zero-order valence-corrected chi connectivity index (χ0v) is 9.23. The molecule has 0 unspecified atom stereocenters. The molecule has 0 radical (unpaired) electrons. The van der Waals surface area contributed by atoms with Gasteiger partial charge in [-0.2, -0.15) is 5.26 Å². The van der Waals surface area contributed by atoms with Crippen LogP contribution >= 0.6 is 0 Å². The number of nitriles is 1. The van der Waals surface area contributed by atoms with Gasteiger partial charge in [-0.15, -0.1) is 0 Å². The van der Waals surface area contributed by atoms with Gasteiger partial charge in [-0.25, -0.2) is 4.79 Å². The maximum atomic E-state index is 11.5. The molecule has 0 fully saturated rings. The number of nitrogens with zero attached hydrogens (tertiary/aromatic N) is 2. The summed E-state index contributed by atoms with van der Waals surface area (Å²) in [4.78, 5) is 15.3. The Hall–Kier alpha value is -2.15. The molecule has 0 aliphatic heterocycles. The largest absolute Gasteiger partial charge is 0.462 e. The van der Waals surface area contributed by atoms with E-state index in [0.717, 1.165) is 5.56 Å². The molecule has 0 saturated heterocycles. The Balaban J connectivity index is 3.11. The number of carbonyl (C=O) groups excluding carboxylic acids is 1. The lowest BCUT2D eigenvalue weighted by Gasteiger charge is -2.04. The first-order valence-electron chi connectivity index (χ1n) is 4.89. The van der Waals surface area contributed by atoms with Crippen LogP contribution in [0.4, 0.5) is 0 Å². The maximum absolute atomic E-state index is 11.5. The van der Waals surface area contributed by atoms with Gasteiger partial charge in [0.05, 0.1) is 6.61 Å². The van der Waals surface area contributed by atoms with Crippen LogP contribution in [0, 0.1) is 11.3 Å². The molecule has 0 bridgehead atoms. The Bertz CT molecular complexity index is 444. The Kier molecular flexibility index (Phi) is 4.22. The van der Waals surface area contributed by atoms with Crippen molar-refractivity contribution in [2.75, 3.05) is 6.61 Å². The number of pyridine rings is 1. The summed E-state index contributed by atoms with van der Waals surface area (Å²) in [7, 11) is 0. The van der Waals surface area contributed by atoms with Crippen molar-refractivity contribution in [1.82, 2.24) is 4.98 Å². The topological polar surface area (TPSA) is 63.0 Å². The Labute approximate surface area is 94.2 Å². The first kappa shape index (κ1) is 11.9. The molecule has 0 aliphatic rings. The van der Waals surface area contributed by atoms with E-state index in [4.69, 9.17) is 10.00 Å². The first-order chi connectivity index (χ1) is 7.70. The number of allylic oxidation sites excluding steroid dienone is 1. The third-order valence-electron chi connectivity index (χ3n) is 2.08. The normalized spacial score (nSPS) is 11.3. The van der Waals surface area contributed by atoms with Gasteiger partial charge in [-0.3, -0.25) is 4.98 Å². The minimum Gasteiger partial charge on any atom is -0.462 e. The zero-order chi connectivity index (χ0) is 12.0. The molecule has 0 atom stereocenters. The molecule has 82 valence electrons. The fraction of sp³-hybridized carbons (Fsp3) is 0.250. The number of ether oxygens (including phenoxy) is 1. The van der Waals surface area contributed by atoms with E-state index in [1.165, 1.54) is 0 Å². The van der Waals surface area contributed by atoms with E-state index >= 15 is 0 Å². The third-order valence-corrected chi connectivity index (χ3v) is 2.08. The van der Waals surface area contributed by atoms with Crippen molar-refractivity contribution in [1.29, 1.82) is 5.26 Å². The molecule has 0 spiro atoms. The predicted octanol–water partition coefficient (Wildman–Crippen LogP) is 1.94. The molecule has 0 saturated carbocycles. The highest BCUT2D eigenvalue weighted by molar-refractivity contribution is 6.01. The summed E-state index contributed by atoms with van der Waals surface area (Å²) in [5, 5.41) is 8.93. The van der Waals surface area contributed by atoms with E-state index in [2.05, 4.69) is 4.98 Å². The highest BCUT2D eigenvalue weighted by atomic mass is 16.5. The van der Waals surface area contributed by atoms with E-state index in [1.54, 1.807) is 38.4 Å². The lowest BCUT2D eigenvalue weighted by molar-refractivity contribution is -0.137. The summed E-state index contributed by atoms with van der Waals surface area (Å²) in [6.45, 7) is 3.67. The van der Waals surface area contributed by atoms with E-state index in [9.17, 15) is 4.79 Å². The molecule has 0 aliphatic carbocycles. The van der Waals surface area contributed by atoms with Crippen LogP contribution in [0.2, 0.25) is 0 Å². The molecule has 1 aromatic rings. The van der Waals surface area contributed by atoms with E-state index in [0.29, 0.717) is 5.57 Å². The fourth-order valence-corrected chi connectivity index (χ4v) is 1.23. The minimum atomic E-state index is -0.584. The van der Waals surface area contributed by atoms with Crippen LogP contribution < -0.4 is 0 Å². The summed E-state index contributed by atoms with van der Waals surface area (Å²) in [6.07, 6.45) is 3.22. The lowest BCUT2D eigenvalue weighted by atomic mass is 10.0. The lowest BCUT2D eigenvalue weighted by Crippen LogP contribution is -2.08. The predicted molar refractivity (Wildman–Crippen MR) is 59.1 cm³/mol. The number of aromatic nitrogens is 1. The summed E-state index contributed by atoms with van der Waals surface area (Å²) in [5.41, 5.74) is 1.43. The summed E-state index contributed by atoms with van der Waals surface area (Å²) in [5.74, 6) is -0.584. The van der Waals surface area contributed by atoms with Gasteiger partial charge in [0.25, 0.3) is 0 Å². The van der Waals surface area contributed by atoms with Crippen LogP contribution in [0.5, 0.6) is 0 Å². The van der Waals surface area contributed by atoms with E-state index in [-0.39, 0.29) is 12.2 Å². The van der Waals surface area contributed by atoms with Gasteiger partial charge >= 0.3 is 5.97 Å². The first-order valence-corrected chi connectivity index (χ1v) is 4.89. The number of hydrogen-bond donors (Lipinski definition) is 0. The molecule has 0 N–H and O–H groups in total. The molecular formula is C12H12N2O2. The number of rotatable bonds is 3. The molecule has 1 aromatic heterocycles. The Morgan fingerprint density at radius 3 is 2.62 bits per heavy atom. The van der Waals surface area contributed by atoms with Gasteiger partial charge in [0, 0.05) is 12.4 Å². The van der Waals surface area contributed by atoms with Gasteiger partial charge < -0.3 is 4.74 Å². The second-order valence-electron chi connectivity index (χ2n) is 3.07. The van der Waals surface area contributed by atoms with Crippen molar-refractivity contribution in [3.05, 3.63) is 35.7 Å². The van der Waals surface area contributed by atoms with E-state index in [1.807, 2.05) is 6.07 Å². The van der Waals surface area contributed by atoms with Crippen molar-refractivity contribution in [3.63, 3.8) is 0 Å². The molecule has 1 rings (SSSR count). The fourth-order valence-electron chi connectivity index (χ4n) is 1.23.